The number of hydroxylamine groups is 1. The third-order valence-corrected chi connectivity index (χ3v) is 6.18. The minimum absolute atomic E-state index is 0.121. The van der Waals surface area contributed by atoms with Crippen LogP contribution < -0.4 is 9.96 Å². The molecule has 1 N–H and O–H groups in total. The Labute approximate surface area is 184 Å². The minimum Gasteiger partial charge on any atom is -0.508 e. The van der Waals surface area contributed by atoms with Crippen LogP contribution in [0.1, 0.15) is 17.2 Å². The molecule has 0 bridgehead atoms. The number of carbonyl (C=O) groups excluding carboxylic acids is 2. The molecule has 0 radical (unpaired) electrons. The molecule has 2 aliphatic heterocycles. The quantitative estimate of drug-likeness (QED) is 0.618. The predicted octanol–water partition coefficient (Wildman–Crippen LogP) is 4.41. The second-order valence-corrected chi connectivity index (χ2v) is 8.10. The molecule has 2 fully saturated rings. The Bertz CT molecular complexity index is 1170. The van der Waals surface area contributed by atoms with Gasteiger partial charge in [0.15, 0.2) is 6.10 Å². The van der Waals surface area contributed by atoms with E-state index in [1.165, 1.54) is 0 Å². The number of hydrogen-bond donors (Lipinski definition) is 1. The number of amides is 2. The highest BCUT2D eigenvalue weighted by Gasteiger charge is 2.60. The van der Waals surface area contributed by atoms with Crippen LogP contribution in [0, 0.1) is 12.8 Å². The van der Waals surface area contributed by atoms with E-state index in [0.717, 1.165) is 21.7 Å². The molecule has 3 atom stereocenters. The molecule has 31 heavy (non-hydrogen) atoms. The van der Waals surface area contributed by atoms with Crippen molar-refractivity contribution in [3.63, 3.8) is 0 Å². The number of para-hydroxylation sites is 1. The molecule has 2 heterocycles. The van der Waals surface area contributed by atoms with Crippen molar-refractivity contribution in [1.82, 2.24) is 0 Å². The SMILES string of the molecule is Cc1ccc(N2C(=O)[C@@H]3[C@H](ON(c4ccccc4)[C@@H]3c3ccc(O)cc3)C2=O)cc1Cl. The van der Waals surface area contributed by atoms with Gasteiger partial charge in [-0.1, -0.05) is 48.0 Å². The Morgan fingerprint density at radius 3 is 2.29 bits per heavy atom. The van der Waals surface area contributed by atoms with Gasteiger partial charge in [-0.15, -0.1) is 0 Å². The minimum atomic E-state index is -0.952. The normalized spacial score (nSPS) is 22.8. The summed E-state index contributed by atoms with van der Waals surface area (Å²) in [6.45, 7) is 1.86. The van der Waals surface area contributed by atoms with Gasteiger partial charge in [0.05, 0.1) is 17.4 Å². The first kappa shape index (κ1) is 19.6. The molecule has 2 saturated heterocycles. The van der Waals surface area contributed by atoms with Gasteiger partial charge in [0, 0.05) is 5.02 Å². The van der Waals surface area contributed by atoms with Gasteiger partial charge in [0.2, 0.25) is 5.91 Å². The van der Waals surface area contributed by atoms with Crippen LogP contribution in [-0.4, -0.2) is 23.0 Å². The van der Waals surface area contributed by atoms with E-state index in [1.807, 2.05) is 37.3 Å². The van der Waals surface area contributed by atoms with Gasteiger partial charge in [-0.3, -0.25) is 14.4 Å². The lowest BCUT2D eigenvalue weighted by atomic mass is 9.90. The van der Waals surface area contributed by atoms with Crippen LogP contribution in [0.2, 0.25) is 5.02 Å². The second kappa shape index (κ2) is 7.41. The van der Waals surface area contributed by atoms with E-state index in [1.54, 1.807) is 47.5 Å². The molecular formula is C24H19ClN2O4. The van der Waals surface area contributed by atoms with Crippen molar-refractivity contribution in [3.8, 4) is 5.75 Å². The third kappa shape index (κ3) is 3.15. The number of phenols is 1. The van der Waals surface area contributed by atoms with E-state index < -0.39 is 24.0 Å². The molecule has 5 rings (SSSR count). The standard InChI is InChI=1S/C24H19ClN2O4/c1-14-7-10-17(13-19(14)25)26-23(29)20-21(15-8-11-18(28)12-9-15)27(31-22(20)24(26)30)16-5-3-2-4-6-16/h2-13,20-22,28H,1H3/t20-,21+,22-/m0/s1. The van der Waals surface area contributed by atoms with E-state index in [4.69, 9.17) is 16.4 Å². The molecule has 2 amide bonds. The van der Waals surface area contributed by atoms with Gasteiger partial charge >= 0.3 is 0 Å². The number of halogens is 1. The average molecular weight is 435 g/mol. The molecule has 7 heteroatoms. The second-order valence-electron chi connectivity index (χ2n) is 7.69. The van der Waals surface area contributed by atoms with Gasteiger partial charge in [0.1, 0.15) is 11.7 Å². The van der Waals surface area contributed by atoms with Crippen LogP contribution in [0.15, 0.2) is 72.8 Å². The highest BCUT2D eigenvalue weighted by Crippen LogP contribution is 2.47. The smallest absolute Gasteiger partial charge is 0.266 e. The van der Waals surface area contributed by atoms with Crippen molar-refractivity contribution in [3.05, 3.63) is 88.9 Å². The van der Waals surface area contributed by atoms with E-state index >= 15 is 0 Å². The van der Waals surface area contributed by atoms with Gasteiger partial charge in [0.25, 0.3) is 5.91 Å². The highest BCUT2D eigenvalue weighted by atomic mass is 35.5. The monoisotopic (exact) mass is 434 g/mol. The number of aryl methyl sites for hydroxylation is 1. The molecule has 3 aromatic carbocycles. The third-order valence-electron chi connectivity index (χ3n) is 5.77. The summed E-state index contributed by atoms with van der Waals surface area (Å²) in [5.74, 6) is -1.38. The summed E-state index contributed by atoms with van der Waals surface area (Å²) >= 11 is 6.24. The maximum Gasteiger partial charge on any atom is 0.266 e. The molecule has 0 saturated carbocycles. The van der Waals surface area contributed by atoms with Crippen molar-refractivity contribution >= 4 is 34.8 Å². The molecule has 156 valence electrons. The first-order valence-corrected chi connectivity index (χ1v) is 10.3. The summed E-state index contributed by atoms with van der Waals surface area (Å²) in [6, 6.07) is 20.5. The van der Waals surface area contributed by atoms with Crippen molar-refractivity contribution in [1.29, 1.82) is 0 Å². The molecule has 0 spiro atoms. The Balaban J connectivity index is 1.58. The maximum atomic E-state index is 13.5. The summed E-state index contributed by atoms with van der Waals surface area (Å²) in [5.41, 5.74) is 2.79. The van der Waals surface area contributed by atoms with Gasteiger partial charge in [-0.2, -0.15) is 0 Å². The number of fused-ring (bicyclic) bond motifs is 1. The lowest BCUT2D eigenvalue weighted by Crippen LogP contribution is -2.37. The Hall–Kier alpha value is -3.35. The van der Waals surface area contributed by atoms with Crippen LogP contribution in [0.4, 0.5) is 11.4 Å². The van der Waals surface area contributed by atoms with Crippen LogP contribution >= 0.6 is 11.6 Å². The predicted molar refractivity (Wildman–Crippen MR) is 117 cm³/mol. The molecule has 2 aliphatic rings. The zero-order valence-electron chi connectivity index (χ0n) is 16.6. The first-order valence-electron chi connectivity index (χ1n) is 9.89. The fourth-order valence-electron chi connectivity index (χ4n) is 4.20. The number of rotatable bonds is 3. The average Bonchev–Trinajstić information content (AvgIpc) is 3.28. The molecular weight excluding hydrogens is 416 g/mol. The number of phenolic OH excluding ortho intramolecular Hbond substituents is 1. The summed E-state index contributed by atoms with van der Waals surface area (Å²) in [4.78, 5) is 34.0. The Morgan fingerprint density at radius 1 is 0.903 bits per heavy atom. The lowest BCUT2D eigenvalue weighted by molar-refractivity contribution is -0.126. The van der Waals surface area contributed by atoms with Crippen LogP contribution in [0.5, 0.6) is 5.75 Å². The van der Waals surface area contributed by atoms with E-state index in [0.29, 0.717) is 10.7 Å². The summed E-state index contributed by atoms with van der Waals surface area (Å²) in [6.07, 6.45) is -0.952. The van der Waals surface area contributed by atoms with Crippen molar-refractivity contribution in [2.45, 2.75) is 19.1 Å². The van der Waals surface area contributed by atoms with Crippen LogP contribution in [0.3, 0.4) is 0 Å². The molecule has 0 aromatic heterocycles. The molecule has 6 nitrogen and oxygen atoms in total. The highest BCUT2D eigenvalue weighted by molar-refractivity contribution is 6.32. The van der Waals surface area contributed by atoms with Gasteiger partial charge in [-0.05, 0) is 54.4 Å². The largest absolute Gasteiger partial charge is 0.508 e. The number of imide groups is 1. The zero-order chi connectivity index (χ0) is 21.7. The first-order chi connectivity index (χ1) is 15.0. The number of nitrogens with zero attached hydrogens (tertiary/aromatic N) is 2. The van der Waals surface area contributed by atoms with Gasteiger partial charge < -0.3 is 5.11 Å². The Kier molecular flexibility index (Phi) is 4.68. The van der Waals surface area contributed by atoms with Crippen molar-refractivity contribution in [2.75, 3.05) is 9.96 Å². The Morgan fingerprint density at radius 2 is 1.61 bits per heavy atom. The van der Waals surface area contributed by atoms with Crippen LogP contribution in [-0.2, 0) is 14.4 Å². The van der Waals surface area contributed by atoms with E-state index in [-0.39, 0.29) is 11.7 Å². The van der Waals surface area contributed by atoms with E-state index in [2.05, 4.69) is 0 Å². The van der Waals surface area contributed by atoms with E-state index in [9.17, 15) is 14.7 Å². The van der Waals surface area contributed by atoms with Crippen molar-refractivity contribution in [2.24, 2.45) is 5.92 Å². The number of hydrogen-bond acceptors (Lipinski definition) is 5. The number of carbonyl (C=O) groups is 2. The topological polar surface area (TPSA) is 70.1 Å². The zero-order valence-corrected chi connectivity index (χ0v) is 17.4. The number of benzene rings is 3. The summed E-state index contributed by atoms with van der Waals surface area (Å²) < 4.78 is 0. The number of aromatic hydroxyl groups is 1. The summed E-state index contributed by atoms with van der Waals surface area (Å²) in [7, 11) is 0. The summed E-state index contributed by atoms with van der Waals surface area (Å²) in [5, 5.41) is 11.8. The molecule has 0 unspecified atom stereocenters. The molecule has 0 aliphatic carbocycles. The van der Waals surface area contributed by atoms with Crippen LogP contribution in [0.25, 0.3) is 0 Å². The fourth-order valence-corrected chi connectivity index (χ4v) is 4.37. The molecule has 3 aromatic rings. The fraction of sp³-hybridized carbons (Fsp3) is 0.167. The lowest BCUT2D eigenvalue weighted by Gasteiger charge is -2.28. The number of anilines is 2. The van der Waals surface area contributed by atoms with Gasteiger partial charge in [-0.25, -0.2) is 9.96 Å². The maximum absolute atomic E-state index is 13.5. The van der Waals surface area contributed by atoms with Crippen molar-refractivity contribution < 1.29 is 19.5 Å².